The average Bonchev–Trinajstić information content (AvgIpc) is 3.36. The van der Waals surface area contributed by atoms with Crippen molar-refractivity contribution >= 4 is 40.4 Å². The number of rotatable bonds is 7. The Morgan fingerprint density at radius 2 is 1.80 bits per heavy atom. The van der Waals surface area contributed by atoms with Crippen LogP contribution in [0.2, 0.25) is 0 Å². The summed E-state index contributed by atoms with van der Waals surface area (Å²) < 4.78 is 31.9. The summed E-state index contributed by atoms with van der Waals surface area (Å²) in [6.07, 6.45) is 6.17. The van der Waals surface area contributed by atoms with Crippen molar-refractivity contribution in [1.82, 2.24) is 34.5 Å². The molecule has 0 bridgehead atoms. The summed E-state index contributed by atoms with van der Waals surface area (Å²) >= 11 is 1.27. The van der Waals surface area contributed by atoms with E-state index in [4.69, 9.17) is 5.73 Å². The molecule has 0 atom stereocenters. The van der Waals surface area contributed by atoms with E-state index in [0.29, 0.717) is 21.3 Å². The third-order valence-electron chi connectivity index (χ3n) is 7.72. The Morgan fingerprint density at radius 3 is 2.49 bits per heavy atom. The number of nitrogens with zero attached hydrogens (tertiary/aromatic N) is 9. The SMILES string of the molecule is Cc1nc2c(F)cc(-c3nc(Nc4ccc(Sc5cnc(N6CCC(C)(N)CC6)cn5)c(C#N)n4)ncc3F)cc2n1C(C)C. The number of pyridine rings is 1. The molecule has 230 valence electrons. The van der Waals surface area contributed by atoms with Crippen LogP contribution in [0.3, 0.4) is 0 Å². The normalized spacial score (nSPS) is 14.6. The van der Waals surface area contributed by atoms with Gasteiger partial charge in [0, 0.05) is 30.2 Å². The van der Waals surface area contributed by atoms with E-state index in [2.05, 4.69) is 53.1 Å². The predicted octanol–water partition coefficient (Wildman–Crippen LogP) is 5.93. The molecule has 6 rings (SSSR count). The molecule has 0 amide bonds. The lowest BCUT2D eigenvalue weighted by atomic mass is 9.91. The zero-order valence-electron chi connectivity index (χ0n) is 25.2. The predicted molar refractivity (Wildman–Crippen MR) is 168 cm³/mol. The Morgan fingerprint density at radius 1 is 1.02 bits per heavy atom. The van der Waals surface area contributed by atoms with Crippen molar-refractivity contribution in [2.24, 2.45) is 5.73 Å². The van der Waals surface area contributed by atoms with Crippen LogP contribution in [-0.4, -0.2) is 53.1 Å². The van der Waals surface area contributed by atoms with Gasteiger partial charge in [-0.2, -0.15) is 5.26 Å². The lowest BCUT2D eigenvalue weighted by molar-refractivity contribution is 0.363. The maximum Gasteiger partial charge on any atom is 0.229 e. The lowest BCUT2D eigenvalue weighted by Crippen LogP contribution is -2.48. The number of nitrogens with two attached hydrogens (primary N) is 1. The summed E-state index contributed by atoms with van der Waals surface area (Å²) in [5, 5.41) is 13.4. The van der Waals surface area contributed by atoms with Crippen molar-refractivity contribution in [3.63, 3.8) is 0 Å². The minimum atomic E-state index is -0.714. The van der Waals surface area contributed by atoms with Crippen LogP contribution in [0.5, 0.6) is 0 Å². The van der Waals surface area contributed by atoms with Gasteiger partial charge in [-0.1, -0.05) is 11.8 Å². The van der Waals surface area contributed by atoms with Crippen LogP contribution in [0.15, 0.2) is 52.8 Å². The van der Waals surface area contributed by atoms with Gasteiger partial charge in [-0.05, 0) is 64.8 Å². The van der Waals surface area contributed by atoms with Crippen molar-refractivity contribution in [1.29, 1.82) is 5.26 Å². The maximum absolute atomic E-state index is 15.1. The molecule has 0 aliphatic carbocycles. The highest BCUT2D eigenvalue weighted by molar-refractivity contribution is 7.99. The van der Waals surface area contributed by atoms with Crippen LogP contribution < -0.4 is 16.0 Å². The Balaban J connectivity index is 1.21. The smallest absolute Gasteiger partial charge is 0.229 e. The van der Waals surface area contributed by atoms with Crippen LogP contribution >= 0.6 is 11.8 Å². The highest BCUT2D eigenvalue weighted by Gasteiger charge is 2.26. The van der Waals surface area contributed by atoms with E-state index in [9.17, 15) is 9.65 Å². The van der Waals surface area contributed by atoms with Crippen LogP contribution in [0.4, 0.5) is 26.4 Å². The van der Waals surface area contributed by atoms with Gasteiger partial charge in [-0.25, -0.2) is 38.7 Å². The summed E-state index contributed by atoms with van der Waals surface area (Å²) in [4.78, 5) is 28.9. The molecule has 0 saturated carbocycles. The van der Waals surface area contributed by atoms with E-state index in [1.807, 2.05) is 18.4 Å². The van der Waals surface area contributed by atoms with Gasteiger partial charge in [0.1, 0.15) is 39.8 Å². The van der Waals surface area contributed by atoms with Crippen molar-refractivity contribution in [3.8, 4) is 17.3 Å². The molecule has 3 N–H and O–H groups in total. The monoisotopic (exact) mass is 627 g/mol. The second kappa shape index (κ2) is 12.0. The molecule has 1 aliphatic rings. The fourth-order valence-corrected chi connectivity index (χ4v) is 6.13. The van der Waals surface area contributed by atoms with Gasteiger partial charge >= 0.3 is 0 Å². The first-order chi connectivity index (χ1) is 21.5. The second-order valence-corrected chi connectivity index (χ2v) is 12.6. The lowest BCUT2D eigenvalue weighted by Gasteiger charge is -2.37. The van der Waals surface area contributed by atoms with Crippen LogP contribution in [-0.2, 0) is 0 Å². The Labute approximate surface area is 263 Å². The fraction of sp³-hybridized carbons (Fsp3) is 0.323. The molecular weight excluding hydrogens is 596 g/mol. The van der Waals surface area contributed by atoms with Crippen molar-refractivity contribution in [2.45, 2.75) is 62.0 Å². The standard InChI is InChI=1S/C31H31F2N11S/c1-17(2)44-18(3)39-29-20(32)11-19(12-23(29)44)28-21(33)14-38-30(42-28)41-25-6-5-24(22(13-34)40-25)45-27-16-36-26(15-37-27)43-9-7-31(4,35)8-10-43/h5-6,11-12,14-17H,7-10,35H2,1-4H3,(H,38,40,41,42). The molecule has 0 unspecified atom stereocenters. The van der Waals surface area contributed by atoms with E-state index in [1.165, 1.54) is 17.8 Å². The molecule has 1 aromatic carbocycles. The molecule has 11 nitrogen and oxygen atoms in total. The van der Waals surface area contributed by atoms with Crippen molar-refractivity contribution in [3.05, 3.63) is 66.0 Å². The number of piperidine rings is 1. The van der Waals surface area contributed by atoms with E-state index < -0.39 is 11.6 Å². The molecule has 1 aliphatic heterocycles. The van der Waals surface area contributed by atoms with Gasteiger partial charge < -0.3 is 20.5 Å². The fourth-order valence-electron chi connectivity index (χ4n) is 5.36. The van der Waals surface area contributed by atoms with Gasteiger partial charge in [-0.3, -0.25) is 0 Å². The largest absolute Gasteiger partial charge is 0.355 e. The molecule has 45 heavy (non-hydrogen) atoms. The number of fused-ring (bicyclic) bond motifs is 1. The first kappa shape index (κ1) is 30.3. The summed E-state index contributed by atoms with van der Waals surface area (Å²) in [7, 11) is 0. The molecule has 0 spiro atoms. The molecule has 1 saturated heterocycles. The van der Waals surface area contributed by atoms with E-state index in [1.54, 1.807) is 37.5 Å². The number of anilines is 3. The highest BCUT2D eigenvalue weighted by Crippen LogP contribution is 2.32. The number of nitrogens with one attached hydrogen (secondary N) is 1. The molecular formula is C31H31F2N11S. The number of imidazole rings is 1. The summed E-state index contributed by atoms with van der Waals surface area (Å²) in [6, 6.07) is 8.40. The number of aromatic nitrogens is 7. The summed E-state index contributed by atoms with van der Waals surface area (Å²) in [5.41, 5.74) is 7.16. The molecule has 4 aromatic heterocycles. The third-order valence-corrected chi connectivity index (χ3v) is 8.69. The molecule has 5 aromatic rings. The van der Waals surface area contributed by atoms with Crippen LogP contribution in [0.1, 0.15) is 51.2 Å². The first-order valence-corrected chi connectivity index (χ1v) is 15.3. The highest BCUT2D eigenvalue weighted by atomic mass is 32.2. The summed E-state index contributed by atoms with van der Waals surface area (Å²) in [5.74, 6) is 0.470. The topological polar surface area (TPSA) is 147 Å². The quantitative estimate of drug-likeness (QED) is 0.221. The van der Waals surface area contributed by atoms with Gasteiger partial charge in [0.2, 0.25) is 5.95 Å². The zero-order chi connectivity index (χ0) is 31.9. The first-order valence-electron chi connectivity index (χ1n) is 14.4. The number of nitriles is 1. The Kier molecular flexibility index (Phi) is 8.07. The zero-order valence-corrected chi connectivity index (χ0v) is 26.0. The number of aryl methyl sites for hydroxylation is 1. The number of hydrogen-bond donors (Lipinski definition) is 2. The van der Waals surface area contributed by atoms with Gasteiger partial charge in [0.05, 0.1) is 29.0 Å². The van der Waals surface area contributed by atoms with E-state index in [0.717, 1.165) is 37.9 Å². The van der Waals surface area contributed by atoms with E-state index >= 15 is 4.39 Å². The Bertz CT molecular complexity index is 1920. The molecule has 1 fully saturated rings. The van der Waals surface area contributed by atoms with Crippen molar-refractivity contribution < 1.29 is 8.78 Å². The molecule has 5 heterocycles. The summed E-state index contributed by atoms with van der Waals surface area (Å²) in [6.45, 7) is 9.44. The maximum atomic E-state index is 15.1. The number of halogens is 2. The van der Waals surface area contributed by atoms with Crippen LogP contribution in [0.25, 0.3) is 22.3 Å². The minimum absolute atomic E-state index is 0.0216. The third kappa shape index (κ3) is 6.27. The average molecular weight is 628 g/mol. The van der Waals surface area contributed by atoms with E-state index in [-0.39, 0.29) is 45.8 Å². The molecule has 14 heteroatoms. The Hall–Kier alpha value is -4.74. The number of benzene rings is 1. The van der Waals surface area contributed by atoms with Gasteiger partial charge in [-0.15, -0.1) is 0 Å². The molecule has 0 radical (unpaired) electrons. The van der Waals surface area contributed by atoms with Crippen molar-refractivity contribution in [2.75, 3.05) is 23.3 Å². The minimum Gasteiger partial charge on any atom is -0.355 e. The number of hydrogen-bond acceptors (Lipinski definition) is 11. The van der Waals surface area contributed by atoms with Gasteiger partial charge in [0.25, 0.3) is 0 Å². The van der Waals surface area contributed by atoms with Crippen LogP contribution in [0, 0.1) is 29.9 Å². The second-order valence-electron chi connectivity index (χ2n) is 11.6. The van der Waals surface area contributed by atoms with Gasteiger partial charge in [0.15, 0.2) is 17.3 Å².